The zero-order valence-corrected chi connectivity index (χ0v) is 18.5. The van der Waals surface area contributed by atoms with E-state index < -0.39 is 17.6 Å². The average Bonchev–Trinajstić information content (AvgIpc) is 2.85. The Bertz CT molecular complexity index is 1210. The SMILES string of the molecule is O=C(Nc1ccc(N2CCN(Cc3ccccc3[N+](=O)[O-])CC2)nc1)c1cccc(C(F)(F)F)c1. The molecule has 0 bridgehead atoms. The van der Waals surface area contributed by atoms with Gasteiger partial charge in [-0.1, -0.05) is 24.3 Å². The summed E-state index contributed by atoms with van der Waals surface area (Å²) in [4.78, 5) is 31.8. The second-order valence-corrected chi connectivity index (χ2v) is 8.09. The van der Waals surface area contributed by atoms with Crippen LogP contribution in [-0.2, 0) is 12.7 Å². The molecular formula is C24H22F3N5O3. The number of para-hydroxylation sites is 1. The summed E-state index contributed by atoms with van der Waals surface area (Å²) in [5.41, 5.74) is 0.161. The number of nitrogens with zero attached hydrogens (tertiary/aromatic N) is 4. The lowest BCUT2D eigenvalue weighted by Gasteiger charge is -2.35. The fraction of sp³-hybridized carbons (Fsp3) is 0.250. The Balaban J connectivity index is 1.33. The molecule has 0 atom stereocenters. The monoisotopic (exact) mass is 485 g/mol. The molecule has 11 heteroatoms. The molecule has 1 N–H and O–H groups in total. The van der Waals surface area contributed by atoms with Crippen LogP contribution in [-0.4, -0.2) is 46.9 Å². The molecular weight excluding hydrogens is 463 g/mol. The van der Waals surface area contributed by atoms with E-state index in [-0.39, 0.29) is 16.2 Å². The number of pyridine rings is 1. The Kier molecular flexibility index (Phi) is 6.97. The van der Waals surface area contributed by atoms with Gasteiger partial charge in [0.1, 0.15) is 5.82 Å². The highest BCUT2D eigenvalue weighted by Crippen LogP contribution is 2.29. The van der Waals surface area contributed by atoms with Gasteiger partial charge in [0.2, 0.25) is 0 Å². The number of anilines is 2. The number of rotatable bonds is 6. The lowest BCUT2D eigenvalue weighted by molar-refractivity contribution is -0.385. The van der Waals surface area contributed by atoms with Crippen LogP contribution in [0.4, 0.5) is 30.4 Å². The molecule has 4 rings (SSSR count). The van der Waals surface area contributed by atoms with Gasteiger partial charge in [-0.25, -0.2) is 4.98 Å². The standard InChI is InChI=1S/C24H22F3N5O3/c25-24(26,27)19-6-3-5-17(14-19)23(33)29-20-8-9-22(28-15-20)31-12-10-30(11-13-31)16-18-4-1-2-7-21(18)32(34)35/h1-9,14-15H,10-13,16H2,(H,29,33). The van der Waals surface area contributed by atoms with E-state index in [1.807, 2.05) is 0 Å². The number of nitrogens with one attached hydrogen (secondary N) is 1. The maximum absolute atomic E-state index is 12.9. The summed E-state index contributed by atoms with van der Waals surface area (Å²) in [6.07, 6.45) is -3.07. The summed E-state index contributed by atoms with van der Waals surface area (Å²) in [7, 11) is 0. The van der Waals surface area contributed by atoms with Gasteiger partial charge in [-0.2, -0.15) is 13.2 Å². The van der Waals surface area contributed by atoms with E-state index in [4.69, 9.17) is 0 Å². The molecule has 3 aromatic rings. The van der Waals surface area contributed by atoms with Gasteiger partial charge in [-0.05, 0) is 30.3 Å². The van der Waals surface area contributed by atoms with E-state index in [9.17, 15) is 28.1 Å². The molecule has 8 nitrogen and oxygen atoms in total. The number of amides is 1. The summed E-state index contributed by atoms with van der Waals surface area (Å²) in [6.45, 7) is 3.22. The summed E-state index contributed by atoms with van der Waals surface area (Å²) < 4.78 is 38.7. The first-order valence-corrected chi connectivity index (χ1v) is 10.8. The maximum atomic E-state index is 12.9. The highest BCUT2D eigenvalue weighted by molar-refractivity contribution is 6.04. The third-order valence-electron chi connectivity index (χ3n) is 5.74. The van der Waals surface area contributed by atoms with Crippen molar-refractivity contribution < 1.29 is 22.9 Å². The van der Waals surface area contributed by atoms with Crippen LogP contribution in [0, 0.1) is 10.1 Å². The van der Waals surface area contributed by atoms with Gasteiger partial charge in [-0.3, -0.25) is 19.8 Å². The van der Waals surface area contributed by atoms with Crippen molar-refractivity contribution in [3.63, 3.8) is 0 Å². The lowest BCUT2D eigenvalue weighted by atomic mass is 10.1. The van der Waals surface area contributed by atoms with Gasteiger partial charge < -0.3 is 10.2 Å². The number of benzene rings is 2. The number of nitro benzene ring substituents is 1. The fourth-order valence-corrected chi connectivity index (χ4v) is 3.89. The van der Waals surface area contributed by atoms with Gasteiger partial charge in [0.25, 0.3) is 11.6 Å². The van der Waals surface area contributed by atoms with E-state index in [0.717, 1.165) is 12.1 Å². The van der Waals surface area contributed by atoms with Gasteiger partial charge in [0.15, 0.2) is 0 Å². The summed E-state index contributed by atoms with van der Waals surface area (Å²) >= 11 is 0. The lowest BCUT2D eigenvalue weighted by Crippen LogP contribution is -2.46. The van der Waals surface area contributed by atoms with E-state index in [2.05, 4.69) is 20.1 Å². The Labute approximate surface area is 199 Å². The molecule has 1 aromatic heterocycles. The van der Waals surface area contributed by atoms with Crippen molar-refractivity contribution in [1.29, 1.82) is 0 Å². The van der Waals surface area contributed by atoms with E-state index in [1.54, 1.807) is 30.3 Å². The molecule has 1 aliphatic rings. The normalized spacial score (nSPS) is 14.5. The van der Waals surface area contributed by atoms with Crippen LogP contribution in [0.15, 0.2) is 66.9 Å². The number of piperazine rings is 1. The average molecular weight is 485 g/mol. The van der Waals surface area contributed by atoms with Crippen LogP contribution in [0.1, 0.15) is 21.5 Å². The molecule has 0 spiro atoms. The first-order valence-electron chi connectivity index (χ1n) is 10.8. The van der Waals surface area contributed by atoms with Gasteiger partial charge >= 0.3 is 6.18 Å². The summed E-state index contributed by atoms with van der Waals surface area (Å²) in [5, 5.41) is 13.8. The third-order valence-corrected chi connectivity index (χ3v) is 5.74. The molecule has 0 aliphatic carbocycles. The second-order valence-electron chi connectivity index (χ2n) is 8.09. The van der Waals surface area contributed by atoms with Crippen LogP contribution >= 0.6 is 0 Å². The highest BCUT2D eigenvalue weighted by atomic mass is 19.4. The number of aromatic nitrogens is 1. The van der Waals surface area contributed by atoms with Crippen molar-refractivity contribution in [1.82, 2.24) is 9.88 Å². The zero-order chi connectivity index (χ0) is 25.0. The minimum atomic E-state index is -4.53. The third kappa shape index (κ3) is 5.93. The summed E-state index contributed by atoms with van der Waals surface area (Å²) in [6, 6.07) is 14.3. The van der Waals surface area contributed by atoms with Crippen molar-refractivity contribution in [2.45, 2.75) is 12.7 Å². The quantitative estimate of drug-likeness (QED) is 0.406. The van der Waals surface area contributed by atoms with Crippen molar-refractivity contribution in [3.8, 4) is 0 Å². The molecule has 0 unspecified atom stereocenters. The van der Waals surface area contributed by atoms with Gasteiger partial charge in [0, 0.05) is 49.9 Å². The van der Waals surface area contributed by atoms with Crippen LogP contribution in [0.25, 0.3) is 0 Å². The topological polar surface area (TPSA) is 91.6 Å². The smallest absolute Gasteiger partial charge is 0.354 e. The van der Waals surface area contributed by atoms with E-state index >= 15 is 0 Å². The first kappa shape index (κ1) is 24.1. The number of carbonyl (C=O) groups is 1. The van der Waals surface area contributed by atoms with E-state index in [0.29, 0.717) is 49.8 Å². The van der Waals surface area contributed by atoms with Crippen LogP contribution in [0.2, 0.25) is 0 Å². The number of halogens is 3. The Morgan fingerprint density at radius 2 is 1.77 bits per heavy atom. The number of hydrogen-bond donors (Lipinski definition) is 1. The van der Waals surface area contributed by atoms with Crippen LogP contribution in [0.3, 0.4) is 0 Å². The van der Waals surface area contributed by atoms with E-state index in [1.165, 1.54) is 24.4 Å². The molecule has 1 aliphatic heterocycles. The van der Waals surface area contributed by atoms with Crippen molar-refractivity contribution in [3.05, 3.63) is 93.7 Å². The molecule has 2 aromatic carbocycles. The first-order chi connectivity index (χ1) is 16.7. The Morgan fingerprint density at radius 3 is 2.43 bits per heavy atom. The van der Waals surface area contributed by atoms with Gasteiger partial charge in [-0.15, -0.1) is 0 Å². The molecule has 0 saturated carbocycles. The Morgan fingerprint density at radius 1 is 1.03 bits per heavy atom. The van der Waals surface area contributed by atoms with Crippen molar-refractivity contribution in [2.75, 3.05) is 36.4 Å². The van der Waals surface area contributed by atoms with Crippen molar-refractivity contribution in [2.24, 2.45) is 0 Å². The molecule has 1 fully saturated rings. The Hall–Kier alpha value is -3.99. The van der Waals surface area contributed by atoms with Crippen LogP contribution in [0.5, 0.6) is 0 Å². The zero-order valence-electron chi connectivity index (χ0n) is 18.5. The molecule has 35 heavy (non-hydrogen) atoms. The predicted octanol–water partition coefficient (Wildman–Crippen LogP) is 4.58. The number of nitro groups is 1. The highest BCUT2D eigenvalue weighted by Gasteiger charge is 2.31. The van der Waals surface area contributed by atoms with Crippen molar-refractivity contribution >= 4 is 23.1 Å². The molecule has 1 amide bonds. The fourth-order valence-electron chi connectivity index (χ4n) is 3.89. The minimum absolute atomic E-state index is 0.0984. The molecule has 2 heterocycles. The van der Waals surface area contributed by atoms with Gasteiger partial charge in [0.05, 0.1) is 22.4 Å². The largest absolute Gasteiger partial charge is 0.416 e. The molecule has 182 valence electrons. The second kappa shape index (κ2) is 10.1. The number of carbonyl (C=O) groups excluding carboxylic acids is 1. The molecule has 0 radical (unpaired) electrons. The molecule has 1 saturated heterocycles. The number of hydrogen-bond acceptors (Lipinski definition) is 6. The minimum Gasteiger partial charge on any atom is -0.354 e. The maximum Gasteiger partial charge on any atom is 0.416 e. The predicted molar refractivity (Wildman–Crippen MR) is 124 cm³/mol. The van der Waals surface area contributed by atoms with Crippen LogP contribution < -0.4 is 10.2 Å². The summed E-state index contributed by atoms with van der Waals surface area (Å²) in [5.74, 6) is 0.0432. The number of alkyl halides is 3.